The van der Waals surface area contributed by atoms with E-state index in [0.29, 0.717) is 4.99 Å². The van der Waals surface area contributed by atoms with Gasteiger partial charge in [-0.1, -0.05) is 12.2 Å². The number of hydrogen-bond donors (Lipinski definition) is 2. The van der Waals surface area contributed by atoms with E-state index in [1.165, 1.54) is 0 Å². The van der Waals surface area contributed by atoms with Crippen LogP contribution in [0.15, 0.2) is 6.07 Å². The number of carbonyl (C=O) groups is 1. The second-order valence-corrected chi connectivity index (χ2v) is 5.51. The first-order chi connectivity index (χ1) is 9.45. The Bertz CT molecular complexity index is 558. The first kappa shape index (κ1) is 14.7. The summed E-state index contributed by atoms with van der Waals surface area (Å²) in [4.78, 5) is 18.9. The Morgan fingerprint density at radius 2 is 2.25 bits per heavy atom. The van der Waals surface area contributed by atoms with Gasteiger partial charge in [0, 0.05) is 25.0 Å². The van der Waals surface area contributed by atoms with Crippen molar-refractivity contribution in [1.29, 1.82) is 0 Å². The van der Waals surface area contributed by atoms with Gasteiger partial charge in [0.2, 0.25) is 5.91 Å². The molecule has 6 heteroatoms. The van der Waals surface area contributed by atoms with Crippen LogP contribution in [0.1, 0.15) is 29.8 Å². The first-order valence-electron chi connectivity index (χ1n) is 6.72. The number of nitrogens with two attached hydrogens (primary N) is 1. The summed E-state index contributed by atoms with van der Waals surface area (Å²) in [5.74, 6) is 0.0310. The van der Waals surface area contributed by atoms with Crippen LogP contribution < -0.4 is 16.0 Å². The lowest BCUT2D eigenvalue weighted by Gasteiger charge is -2.28. The number of aryl methyl sites for hydroxylation is 2. The summed E-state index contributed by atoms with van der Waals surface area (Å²) in [5, 5.41) is 2.72. The fourth-order valence-corrected chi connectivity index (χ4v) is 3.09. The molecule has 0 radical (unpaired) electrons. The highest BCUT2D eigenvalue weighted by Gasteiger charge is 2.32. The molecule has 1 aromatic rings. The van der Waals surface area contributed by atoms with Gasteiger partial charge in [-0.15, -0.1) is 0 Å². The van der Waals surface area contributed by atoms with Gasteiger partial charge in [0.05, 0.1) is 11.3 Å². The van der Waals surface area contributed by atoms with E-state index in [1.54, 1.807) is 7.05 Å². The van der Waals surface area contributed by atoms with Crippen LogP contribution in [0.3, 0.4) is 0 Å². The van der Waals surface area contributed by atoms with Crippen molar-refractivity contribution in [3.05, 3.63) is 23.0 Å². The Kier molecular flexibility index (Phi) is 4.23. The summed E-state index contributed by atoms with van der Waals surface area (Å²) in [6, 6.07) is 1.80. The summed E-state index contributed by atoms with van der Waals surface area (Å²) in [6.07, 6.45) is 1.83. The third kappa shape index (κ3) is 2.60. The molecule has 0 bridgehead atoms. The van der Waals surface area contributed by atoms with E-state index in [9.17, 15) is 4.79 Å². The maximum atomic E-state index is 12.0. The zero-order valence-electron chi connectivity index (χ0n) is 12.1. The highest BCUT2D eigenvalue weighted by Crippen LogP contribution is 2.30. The summed E-state index contributed by atoms with van der Waals surface area (Å²) < 4.78 is 0. The van der Waals surface area contributed by atoms with Gasteiger partial charge in [-0.3, -0.25) is 9.78 Å². The van der Waals surface area contributed by atoms with Crippen molar-refractivity contribution in [2.24, 2.45) is 5.73 Å². The molecule has 1 unspecified atom stereocenters. The van der Waals surface area contributed by atoms with Crippen LogP contribution in [0.2, 0.25) is 0 Å². The fraction of sp³-hybridized carbons (Fsp3) is 0.500. The van der Waals surface area contributed by atoms with E-state index in [-0.39, 0.29) is 11.9 Å². The molecule has 1 fully saturated rings. The molecule has 20 heavy (non-hydrogen) atoms. The van der Waals surface area contributed by atoms with Crippen molar-refractivity contribution in [2.75, 3.05) is 18.5 Å². The number of amides is 1. The van der Waals surface area contributed by atoms with Gasteiger partial charge in [-0.25, -0.2) is 0 Å². The van der Waals surface area contributed by atoms with Crippen LogP contribution in [-0.4, -0.2) is 35.5 Å². The number of aromatic nitrogens is 1. The average molecular weight is 292 g/mol. The number of likely N-dealkylation sites (N-methyl/N-ethyl adjacent to an activating group) is 1. The number of nitrogens with one attached hydrogen (secondary N) is 1. The molecular formula is C14H20N4OS. The van der Waals surface area contributed by atoms with Crippen LogP contribution in [0.5, 0.6) is 0 Å². The maximum absolute atomic E-state index is 12.0. The van der Waals surface area contributed by atoms with Gasteiger partial charge in [0.1, 0.15) is 11.0 Å². The van der Waals surface area contributed by atoms with E-state index in [2.05, 4.69) is 15.2 Å². The van der Waals surface area contributed by atoms with Gasteiger partial charge >= 0.3 is 0 Å². The molecule has 108 valence electrons. The number of hydrogen-bond acceptors (Lipinski definition) is 4. The van der Waals surface area contributed by atoms with Gasteiger partial charge < -0.3 is 16.0 Å². The number of nitrogens with zero attached hydrogens (tertiary/aromatic N) is 2. The van der Waals surface area contributed by atoms with Crippen molar-refractivity contribution in [2.45, 2.75) is 32.7 Å². The van der Waals surface area contributed by atoms with Crippen LogP contribution in [0, 0.1) is 13.8 Å². The lowest BCUT2D eigenvalue weighted by Crippen LogP contribution is -2.42. The van der Waals surface area contributed by atoms with Crippen molar-refractivity contribution >= 4 is 28.8 Å². The normalized spacial score (nSPS) is 18.1. The molecule has 1 amide bonds. The molecule has 1 aliphatic rings. The van der Waals surface area contributed by atoms with Crippen molar-refractivity contribution in [3.8, 4) is 0 Å². The van der Waals surface area contributed by atoms with Crippen LogP contribution >= 0.6 is 12.2 Å². The molecule has 0 aliphatic carbocycles. The molecule has 1 aliphatic heterocycles. The molecule has 0 saturated carbocycles. The quantitative estimate of drug-likeness (QED) is 0.815. The Hall–Kier alpha value is -1.69. The minimum absolute atomic E-state index is 0.0310. The van der Waals surface area contributed by atoms with E-state index in [1.807, 2.05) is 19.9 Å². The highest BCUT2D eigenvalue weighted by molar-refractivity contribution is 7.80. The smallest absolute Gasteiger partial charge is 0.242 e. The minimum Gasteiger partial charge on any atom is -0.389 e. The Morgan fingerprint density at radius 3 is 2.85 bits per heavy atom. The van der Waals surface area contributed by atoms with Crippen LogP contribution in [0.25, 0.3) is 0 Å². The molecule has 0 spiro atoms. The summed E-state index contributed by atoms with van der Waals surface area (Å²) in [7, 11) is 1.66. The maximum Gasteiger partial charge on any atom is 0.242 e. The van der Waals surface area contributed by atoms with Gasteiger partial charge in [0.15, 0.2) is 0 Å². The van der Waals surface area contributed by atoms with Gasteiger partial charge in [-0.05, 0) is 32.8 Å². The summed E-state index contributed by atoms with van der Waals surface area (Å²) in [6.45, 7) is 4.66. The molecular weight excluding hydrogens is 272 g/mol. The molecule has 1 atom stereocenters. The Balaban J connectivity index is 2.51. The molecule has 1 saturated heterocycles. The predicted octanol–water partition coefficient (Wildman–Crippen LogP) is 1.05. The third-order valence-electron chi connectivity index (χ3n) is 3.67. The van der Waals surface area contributed by atoms with Gasteiger partial charge in [-0.2, -0.15) is 0 Å². The van der Waals surface area contributed by atoms with Crippen molar-refractivity contribution in [1.82, 2.24) is 10.3 Å². The monoisotopic (exact) mass is 292 g/mol. The lowest BCUT2D eigenvalue weighted by molar-refractivity contribution is -0.121. The number of pyridine rings is 1. The third-order valence-corrected chi connectivity index (χ3v) is 3.87. The molecule has 3 N–H and O–H groups in total. The summed E-state index contributed by atoms with van der Waals surface area (Å²) >= 11 is 5.16. The zero-order valence-corrected chi connectivity index (χ0v) is 12.9. The largest absolute Gasteiger partial charge is 0.389 e. The molecule has 5 nitrogen and oxygen atoms in total. The van der Waals surface area contributed by atoms with Crippen molar-refractivity contribution in [3.63, 3.8) is 0 Å². The highest BCUT2D eigenvalue weighted by atomic mass is 32.1. The topological polar surface area (TPSA) is 71.2 Å². The fourth-order valence-electron chi connectivity index (χ4n) is 2.83. The lowest BCUT2D eigenvalue weighted by atomic mass is 10.1. The standard InChI is InChI=1S/C14H20N4OS/c1-8-7-11(12(13(15)20)9(2)17-8)18-6-4-5-10(18)14(19)16-3/h7,10H,4-6H2,1-3H3,(H2,15,20)(H,16,19). The molecule has 1 aromatic heterocycles. The van der Waals surface area contributed by atoms with Crippen molar-refractivity contribution < 1.29 is 4.79 Å². The van der Waals surface area contributed by atoms with Crippen LogP contribution in [-0.2, 0) is 4.79 Å². The van der Waals surface area contributed by atoms with E-state index in [4.69, 9.17) is 18.0 Å². The number of thiocarbonyl (C=S) groups is 1. The second kappa shape index (κ2) is 5.75. The molecule has 2 heterocycles. The molecule has 2 rings (SSSR count). The number of anilines is 1. The van der Waals surface area contributed by atoms with Gasteiger partial charge in [0.25, 0.3) is 0 Å². The number of carbonyl (C=O) groups excluding carboxylic acids is 1. The van der Waals surface area contributed by atoms with E-state index in [0.717, 1.165) is 42.0 Å². The Labute approximate surface area is 124 Å². The minimum atomic E-state index is -0.158. The SMILES string of the molecule is CNC(=O)C1CCCN1c1cc(C)nc(C)c1C(N)=S. The average Bonchev–Trinajstić information content (AvgIpc) is 2.85. The first-order valence-corrected chi connectivity index (χ1v) is 7.12. The van der Waals surface area contributed by atoms with E-state index >= 15 is 0 Å². The van der Waals surface area contributed by atoms with Crippen LogP contribution in [0.4, 0.5) is 5.69 Å². The molecule has 0 aromatic carbocycles. The van der Waals surface area contributed by atoms with E-state index < -0.39 is 0 Å². The Morgan fingerprint density at radius 1 is 1.55 bits per heavy atom. The predicted molar refractivity (Wildman–Crippen MR) is 84.0 cm³/mol. The second-order valence-electron chi connectivity index (χ2n) is 5.07. The zero-order chi connectivity index (χ0) is 14.9. The summed E-state index contributed by atoms with van der Waals surface area (Å²) in [5.41, 5.74) is 9.27. The number of rotatable bonds is 3.